The van der Waals surface area contributed by atoms with Gasteiger partial charge in [-0.25, -0.2) is 0 Å². The first-order valence-corrected chi connectivity index (χ1v) is 3.76. The van der Waals surface area contributed by atoms with Gasteiger partial charge in [0.2, 0.25) is 5.91 Å². The molecule has 1 amide bonds. The Morgan fingerprint density at radius 3 is 2.18 bits per heavy atom. The van der Waals surface area contributed by atoms with Crippen LogP contribution in [0.3, 0.4) is 0 Å². The molecule has 0 atom stereocenters. The van der Waals surface area contributed by atoms with Gasteiger partial charge in [-0.3, -0.25) is 9.63 Å². The molecule has 0 rings (SSSR count). The van der Waals surface area contributed by atoms with Gasteiger partial charge in [0.05, 0.1) is 0 Å². The number of amides is 1. The van der Waals surface area contributed by atoms with Crippen LogP contribution in [-0.4, -0.2) is 5.91 Å². The molecule has 0 aliphatic carbocycles. The fraction of sp³-hybridized carbons (Fsp3) is 0.375. The summed E-state index contributed by atoms with van der Waals surface area (Å²) in [7, 11) is 0. The summed E-state index contributed by atoms with van der Waals surface area (Å²) in [5, 5.41) is 0. The molecule has 0 spiro atoms. The SMILES string of the molecule is C=CCC(CC=C)C(=O)NCl. The normalized spacial score (nSPS) is 9.27. The maximum atomic E-state index is 11.0. The highest BCUT2D eigenvalue weighted by Crippen LogP contribution is 2.09. The molecule has 2 nitrogen and oxygen atoms in total. The van der Waals surface area contributed by atoms with Crippen LogP contribution in [0.2, 0.25) is 0 Å². The zero-order valence-corrected chi connectivity index (χ0v) is 7.10. The monoisotopic (exact) mass is 173 g/mol. The maximum Gasteiger partial charge on any atom is 0.238 e. The Bertz CT molecular complexity index is 146. The third kappa shape index (κ3) is 3.83. The summed E-state index contributed by atoms with van der Waals surface area (Å²) in [5.41, 5.74) is 0. The molecule has 0 aliphatic rings. The van der Waals surface area contributed by atoms with Gasteiger partial charge >= 0.3 is 0 Å². The van der Waals surface area contributed by atoms with Crippen LogP contribution in [0.1, 0.15) is 12.8 Å². The average Bonchev–Trinajstić information content (AvgIpc) is 2.03. The largest absolute Gasteiger partial charge is 0.273 e. The van der Waals surface area contributed by atoms with E-state index in [4.69, 9.17) is 11.8 Å². The van der Waals surface area contributed by atoms with E-state index in [0.717, 1.165) is 0 Å². The molecule has 0 radical (unpaired) electrons. The molecule has 0 aliphatic heterocycles. The highest BCUT2D eigenvalue weighted by atomic mass is 35.5. The third-order valence-corrected chi connectivity index (χ3v) is 1.55. The standard InChI is InChI=1S/C8H12ClNO/c1-3-5-7(6-4-2)8(11)10-9/h3-4,7H,1-2,5-6H2,(H,10,11). The molecule has 3 heteroatoms. The Labute approximate surface area is 72.0 Å². The van der Waals surface area contributed by atoms with Crippen molar-refractivity contribution in [2.75, 3.05) is 0 Å². The number of halogens is 1. The second-order valence-corrected chi connectivity index (χ2v) is 2.39. The lowest BCUT2D eigenvalue weighted by Crippen LogP contribution is -2.22. The molecule has 0 aromatic heterocycles. The van der Waals surface area contributed by atoms with Crippen molar-refractivity contribution in [1.29, 1.82) is 0 Å². The molecule has 0 saturated carbocycles. The van der Waals surface area contributed by atoms with Crippen LogP contribution in [0.15, 0.2) is 25.3 Å². The molecule has 0 aromatic rings. The van der Waals surface area contributed by atoms with Crippen LogP contribution < -0.4 is 4.84 Å². The quantitative estimate of drug-likeness (QED) is 0.500. The van der Waals surface area contributed by atoms with Crippen LogP contribution in [-0.2, 0) is 4.79 Å². The van der Waals surface area contributed by atoms with Crippen LogP contribution in [0.25, 0.3) is 0 Å². The minimum Gasteiger partial charge on any atom is -0.273 e. The Morgan fingerprint density at radius 1 is 1.45 bits per heavy atom. The van der Waals surface area contributed by atoms with Crippen LogP contribution in [0.4, 0.5) is 0 Å². The van der Waals surface area contributed by atoms with Crippen molar-refractivity contribution in [3.8, 4) is 0 Å². The highest BCUT2D eigenvalue weighted by molar-refractivity contribution is 6.21. The first kappa shape index (κ1) is 10.2. The van der Waals surface area contributed by atoms with Gasteiger partial charge in [0.1, 0.15) is 0 Å². The van der Waals surface area contributed by atoms with Crippen molar-refractivity contribution in [3.05, 3.63) is 25.3 Å². The van der Waals surface area contributed by atoms with E-state index in [-0.39, 0.29) is 11.8 Å². The van der Waals surface area contributed by atoms with Crippen molar-refractivity contribution in [2.45, 2.75) is 12.8 Å². The summed E-state index contributed by atoms with van der Waals surface area (Å²) in [6, 6.07) is 0. The molecule has 1 N–H and O–H groups in total. The summed E-state index contributed by atoms with van der Waals surface area (Å²) >= 11 is 5.15. The minimum absolute atomic E-state index is 0.123. The summed E-state index contributed by atoms with van der Waals surface area (Å²) in [4.78, 5) is 13.0. The van der Waals surface area contributed by atoms with E-state index in [1.165, 1.54) is 0 Å². The van der Waals surface area contributed by atoms with Crippen LogP contribution >= 0.6 is 11.8 Å². The zero-order valence-electron chi connectivity index (χ0n) is 6.35. The van der Waals surface area contributed by atoms with Crippen LogP contribution in [0, 0.1) is 5.92 Å². The smallest absolute Gasteiger partial charge is 0.238 e. The van der Waals surface area contributed by atoms with E-state index < -0.39 is 0 Å². The van der Waals surface area contributed by atoms with Crippen molar-refractivity contribution in [1.82, 2.24) is 4.84 Å². The first-order valence-electron chi connectivity index (χ1n) is 3.38. The van der Waals surface area contributed by atoms with Gasteiger partial charge in [0.15, 0.2) is 0 Å². The number of allylic oxidation sites excluding steroid dienone is 2. The van der Waals surface area contributed by atoms with Crippen molar-refractivity contribution >= 4 is 17.7 Å². The molecule has 0 unspecified atom stereocenters. The Morgan fingerprint density at radius 2 is 1.91 bits per heavy atom. The second-order valence-electron chi connectivity index (χ2n) is 2.20. The fourth-order valence-corrected chi connectivity index (χ4v) is 0.944. The molecule has 0 saturated heterocycles. The van der Waals surface area contributed by atoms with Gasteiger partial charge in [0.25, 0.3) is 0 Å². The Kier molecular flexibility index (Phi) is 5.57. The lowest BCUT2D eigenvalue weighted by Gasteiger charge is -2.08. The molecule has 0 aromatic carbocycles. The van der Waals surface area contributed by atoms with Gasteiger partial charge in [-0.05, 0) is 12.8 Å². The van der Waals surface area contributed by atoms with E-state index >= 15 is 0 Å². The molecule has 0 fully saturated rings. The summed E-state index contributed by atoms with van der Waals surface area (Å²) in [6.45, 7) is 7.08. The molecular weight excluding hydrogens is 162 g/mol. The van der Waals surface area contributed by atoms with Crippen molar-refractivity contribution < 1.29 is 4.79 Å². The average molecular weight is 174 g/mol. The van der Waals surface area contributed by atoms with Gasteiger partial charge in [0, 0.05) is 17.7 Å². The molecule has 62 valence electrons. The number of nitrogens with one attached hydrogen (secondary N) is 1. The summed E-state index contributed by atoms with van der Waals surface area (Å²) in [5.74, 6) is -0.297. The number of carbonyl (C=O) groups excluding carboxylic acids is 1. The van der Waals surface area contributed by atoms with E-state index in [9.17, 15) is 4.79 Å². The third-order valence-electron chi connectivity index (χ3n) is 1.37. The Balaban J connectivity index is 3.95. The van der Waals surface area contributed by atoms with E-state index in [1.807, 2.05) is 0 Å². The predicted octanol–water partition coefficient (Wildman–Crippen LogP) is 2.02. The van der Waals surface area contributed by atoms with Crippen molar-refractivity contribution in [3.63, 3.8) is 0 Å². The predicted molar refractivity (Wildman–Crippen MR) is 47.1 cm³/mol. The molecule has 0 heterocycles. The zero-order chi connectivity index (χ0) is 8.69. The van der Waals surface area contributed by atoms with E-state index in [0.29, 0.717) is 12.8 Å². The number of rotatable bonds is 5. The topological polar surface area (TPSA) is 29.1 Å². The van der Waals surface area contributed by atoms with Gasteiger partial charge in [-0.1, -0.05) is 12.2 Å². The summed E-state index contributed by atoms with van der Waals surface area (Å²) < 4.78 is 0. The van der Waals surface area contributed by atoms with Gasteiger partial charge < -0.3 is 0 Å². The first-order chi connectivity index (χ1) is 5.26. The summed E-state index contributed by atoms with van der Waals surface area (Å²) in [6.07, 6.45) is 4.65. The lowest BCUT2D eigenvalue weighted by molar-refractivity contribution is -0.123. The van der Waals surface area contributed by atoms with E-state index in [1.54, 1.807) is 12.2 Å². The maximum absolute atomic E-state index is 11.0. The number of carbonyl (C=O) groups is 1. The van der Waals surface area contributed by atoms with Crippen LogP contribution in [0.5, 0.6) is 0 Å². The second kappa shape index (κ2) is 5.98. The molecule has 0 bridgehead atoms. The lowest BCUT2D eigenvalue weighted by atomic mass is 10.0. The molecule has 11 heavy (non-hydrogen) atoms. The fourth-order valence-electron chi connectivity index (χ4n) is 0.790. The Hall–Kier alpha value is -0.760. The van der Waals surface area contributed by atoms with Gasteiger partial charge in [-0.15, -0.1) is 13.2 Å². The highest BCUT2D eigenvalue weighted by Gasteiger charge is 2.13. The van der Waals surface area contributed by atoms with E-state index in [2.05, 4.69) is 18.0 Å². The number of hydrogen-bond acceptors (Lipinski definition) is 1. The van der Waals surface area contributed by atoms with Crippen molar-refractivity contribution in [2.24, 2.45) is 5.92 Å². The minimum atomic E-state index is -0.175. The van der Waals surface area contributed by atoms with Gasteiger partial charge in [-0.2, -0.15) is 0 Å². The molecular formula is C8H12ClNO. The number of hydrogen-bond donors (Lipinski definition) is 1.